The molecule has 3 rings (SSSR count). The number of carbonyl (C=O) groups is 2. The second kappa shape index (κ2) is 6.36. The van der Waals surface area contributed by atoms with E-state index in [1.807, 2.05) is 30.3 Å². The van der Waals surface area contributed by atoms with Gasteiger partial charge in [-0.3, -0.25) is 4.79 Å². The summed E-state index contributed by atoms with van der Waals surface area (Å²) in [4.78, 5) is 26.3. The summed E-state index contributed by atoms with van der Waals surface area (Å²) >= 11 is 6.58. The molecule has 0 aromatic heterocycles. The Bertz CT molecular complexity index is 653. The van der Waals surface area contributed by atoms with Crippen LogP contribution in [0.2, 0.25) is 0 Å². The first-order valence-electron chi connectivity index (χ1n) is 7.94. The molecule has 2 fully saturated rings. The van der Waals surface area contributed by atoms with Crippen molar-refractivity contribution in [2.24, 2.45) is 0 Å². The van der Waals surface area contributed by atoms with E-state index in [0.717, 1.165) is 17.6 Å². The Labute approximate surface area is 141 Å². The number of hydrogen-bond donors (Lipinski definition) is 0. The number of nitrogens with zero attached hydrogens (tertiary/aromatic N) is 1. The van der Waals surface area contributed by atoms with Gasteiger partial charge in [-0.05, 0) is 37.8 Å². The number of halogens is 1. The molecular formula is C18H20ClNO3. The average Bonchev–Trinajstić information content (AvgIpc) is 2.52. The average molecular weight is 334 g/mol. The molecule has 0 radical (unpaired) electrons. The number of piperidine rings is 1. The van der Waals surface area contributed by atoms with Crippen molar-refractivity contribution < 1.29 is 14.3 Å². The standard InChI is InChI=1S/C18H20ClNO3/c1-11(2)23-18(22)17-14(9-8-13-10-15(21)20(13)17)16(19)12-6-4-3-5-7-12/h3-7,11,13,17H,8-10H2,1-2H3/b16-14+/t13-,17-/m1/s1. The molecule has 2 saturated heterocycles. The summed E-state index contributed by atoms with van der Waals surface area (Å²) in [6, 6.07) is 8.98. The normalized spacial score (nSPS) is 25.7. The third kappa shape index (κ3) is 3.00. The van der Waals surface area contributed by atoms with Gasteiger partial charge in [-0.1, -0.05) is 41.9 Å². The van der Waals surface area contributed by atoms with Crippen molar-refractivity contribution in [2.45, 2.75) is 51.3 Å². The highest BCUT2D eigenvalue weighted by Crippen LogP contribution is 2.41. The van der Waals surface area contributed by atoms with Gasteiger partial charge in [0.15, 0.2) is 6.04 Å². The van der Waals surface area contributed by atoms with E-state index in [2.05, 4.69) is 0 Å². The quantitative estimate of drug-likeness (QED) is 0.629. The maximum Gasteiger partial charge on any atom is 0.333 e. The predicted molar refractivity (Wildman–Crippen MR) is 88.7 cm³/mol. The van der Waals surface area contributed by atoms with Crippen LogP contribution in [0.1, 0.15) is 38.7 Å². The van der Waals surface area contributed by atoms with E-state index in [9.17, 15) is 9.59 Å². The number of carbonyl (C=O) groups excluding carboxylic acids is 2. The smallest absolute Gasteiger partial charge is 0.333 e. The first-order valence-corrected chi connectivity index (χ1v) is 8.32. The molecule has 1 amide bonds. The number of rotatable bonds is 3. The number of hydrogen-bond acceptors (Lipinski definition) is 3. The third-order valence-corrected chi connectivity index (χ3v) is 4.79. The minimum Gasteiger partial charge on any atom is -0.461 e. The highest BCUT2D eigenvalue weighted by Gasteiger charge is 2.49. The Kier molecular flexibility index (Phi) is 4.44. The number of ether oxygens (including phenoxy) is 1. The number of β-lactam (4-membered cyclic amide) rings is 1. The van der Waals surface area contributed by atoms with Crippen molar-refractivity contribution in [3.63, 3.8) is 0 Å². The van der Waals surface area contributed by atoms with Crippen molar-refractivity contribution in [1.82, 2.24) is 4.90 Å². The largest absolute Gasteiger partial charge is 0.461 e. The lowest BCUT2D eigenvalue weighted by Crippen LogP contribution is -2.63. The van der Waals surface area contributed by atoms with Gasteiger partial charge < -0.3 is 9.64 Å². The van der Waals surface area contributed by atoms with Crippen molar-refractivity contribution in [1.29, 1.82) is 0 Å². The van der Waals surface area contributed by atoms with Gasteiger partial charge in [-0.2, -0.15) is 0 Å². The molecule has 122 valence electrons. The van der Waals surface area contributed by atoms with Gasteiger partial charge in [0.05, 0.1) is 6.10 Å². The molecule has 23 heavy (non-hydrogen) atoms. The fraction of sp³-hybridized carbons (Fsp3) is 0.444. The molecule has 1 aromatic rings. The van der Waals surface area contributed by atoms with E-state index in [1.165, 1.54) is 0 Å². The maximum absolute atomic E-state index is 12.6. The van der Waals surface area contributed by atoms with Crippen molar-refractivity contribution >= 4 is 28.5 Å². The third-order valence-electron chi connectivity index (χ3n) is 4.33. The van der Waals surface area contributed by atoms with E-state index >= 15 is 0 Å². The van der Waals surface area contributed by atoms with Crippen LogP contribution in [0, 0.1) is 0 Å². The van der Waals surface area contributed by atoms with Crippen molar-refractivity contribution in [3.8, 4) is 0 Å². The van der Waals surface area contributed by atoms with Crippen LogP contribution in [0.5, 0.6) is 0 Å². The Morgan fingerprint density at radius 3 is 2.61 bits per heavy atom. The van der Waals surface area contributed by atoms with E-state index < -0.39 is 6.04 Å². The Balaban J connectivity index is 1.99. The van der Waals surface area contributed by atoms with Crippen LogP contribution in [0.25, 0.3) is 5.03 Å². The summed E-state index contributed by atoms with van der Waals surface area (Å²) in [5, 5.41) is 0.550. The Morgan fingerprint density at radius 2 is 2.00 bits per heavy atom. The summed E-state index contributed by atoms with van der Waals surface area (Å²) < 4.78 is 5.38. The molecule has 1 aromatic carbocycles. The molecule has 0 unspecified atom stereocenters. The molecule has 0 saturated carbocycles. The summed E-state index contributed by atoms with van der Waals surface area (Å²) in [6.45, 7) is 3.61. The lowest BCUT2D eigenvalue weighted by Gasteiger charge is -2.49. The number of benzene rings is 1. The lowest BCUT2D eigenvalue weighted by molar-refractivity contribution is -0.167. The van der Waals surface area contributed by atoms with Crippen LogP contribution >= 0.6 is 11.6 Å². The fourth-order valence-corrected chi connectivity index (χ4v) is 3.60. The fourth-order valence-electron chi connectivity index (χ4n) is 3.27. The SMILES string of the molecule is CC(C)OC(=O)[C@H]1/C(=C(/Cl)c2ccccc2)CC[C@@H]2CC(=O)N21. The second-order valence-electron chi connectivity index (χ2n) is 6.29. The van der Waals surface area contributed by atoms with Crippen molar-refractivity contribution in [2.75, 3.05) is 0 Å². The van der Waals surface area contributed by atoms with Crippen LogP contribution in [0.4, 0.5) is 0 Å². The van der Waals surface area contributed by atoms with E-state index in [0.29, 0.717) is 17.9 Å². The van der Waals surface area contributed by atoms with E-state index in [4.69, 9.17) is 16.3 Å². The van der Waals surface area contributed by atoms with Gasteiger partial charge in [0.2, 0.25) is 5.91 Å². The van der Waals surface area contributed by atoms with Crippen LogP contribution in [-0.4, -0.2) is 35.0 Å². The van der Waals surface area contributed by atoms with Crippen LogP contribution in [-0.2, 0) is 14.3 Å². The monoisotopic (exact) mass is 333 g/mol. The van der Waals surface area contributed by atoms with E-state index in [-0.39, 0.29) is 24.0 Å². The molecule has 0 aliphatic carbocycles. The number of esters is 1. The highest BCUT2D eigenvalue weighted by molar-refractivity contribution is 6.49. The van der Waals surface area contributed by atoms with Gasteiger partial charge in [-0.15, -0.1) is 0 Å². The van der Waals surface area contributed by atoms with Gasteiger partial charge >= 0.3 is 5.97 Å². The first kappa shape index (κ1) is 16.1. The maximum atomic E-state index is 12.6. The molecule has 0 N–H and O–H groups in total. The zero-order valence-electron chi connectivity index (χ0n) is 13.3. The number of amides is 1. The van der Waals surface area contributed by atoms with Gasteiger partial charge in [0.25, 0.3) is 0 Å². The highest BCUT2D eigenvalue weighted by atomic mass is 35.5. The summed E-state index contributed by atoms with van der Waals surface area (Å²) in [7, 11) is 0. The summed E-state index contributed by atoms with van der Waals surface area (Å²) in [5.41, 5.74) is 1.64. The van der Waals surface area contributed by atoms with Gasteiger partial charge in [0, 0.05) is 17.5 Å². The van der Waals surface area contributed by atoms with Crippen LogP contribution in [0.15, 0.2) is 35.9 Å². The molecule has 0 spiro atoms. The first-order chi connectivity index (χ1) is 11.0. The molecule has 4 nitrogen and oxygen atoms in total. The Hall–Kier alpha value is -1.81. The van der Waals surface area contributed by atoms with Gasteiger partial charge in [0.1, 0.15) is 0 Å². The molecule has 0 bridgehead atoms. The van der Waals surface area contributed by atoms with Crippen LogP contribution in [0.3, 0.4) is 0 Å². The summed E-state index contributed by atoms with van der Waals surface area (Å²) in [5.74, 6) is -0.391. The molecule has 5 heteroatoms. The van der Waals surface area contributed by atoms with E-state index in [1.54, 1.807) is 18.7 Å². The van der Waals surface area contributed by atoms with Crippen LogP contribution < -0.4 is 0 Å². The molecule has 2 atom stereocenters. The zero-order valence-corrected chi connectivity index (χ0v) is 14.0. The number of fused-ring (bicyclic) bond motifs is 1. The topological polar surface area (TPSA) is 46.6 Å². The molecular weight excluding hydrogens is 314 g/mol. The van der Waals surface area contributed by atoms with Gasteiger partial charge in [-0.25, -0.2) is 4.79 Å². The molecule has 2 heterocycles. The molecule has 2 aliphatic rings. The molecule has 2 aliphatic heterocycles. The lowest BCUT2D eigenvalue weighted by atomic mass is 9.82. The predicted octanol–water partition coefficient (Wildman–Crippen LogP) is 3.35. The zero-order chi connectivity index (χ0) is 16.6. The minimum absolute atomic E-state index is 0.00423. The Morgan fingerprint density at radius 1 is 1.30 bits per heavy atom. The summed E-state index contributed by atoms with van der Waals surface area (Å²) in [6.07, 6.45) is 1.84. The van der Waals surface area contributed by atoms with Crippen molar-refractivity contribution in [3.05, 3.63) is 41.5 Å². The minimum atomic E-state index is -0.690. The second-order valence-corrected chi connectivity index (χ2v) is 6.67.